The van der Waals surface area contributed by atoms with Crippen LogP contribution in [0.2, 0.25) is 0 Å². The van der Waals surface area contributed by atoms with Crippen LogP contribution in [0.15, 0.2) is 18.2 Å². The van der Waals surface area contributed by atoms with Gasteiger partial charge in [0.2, 0.25) is 5.91 Å². The van der Waals surface area contributed by atoms with Crippen molar-refractivity contribution in [3.8, 4) is 5.75 Å². The summed E-state index contributed by atoms with van der Waals surface area (Å²) in [5.74, 6) is 1.47. The lowest BCUT2D eigenvalue weighted by molar-refractivity contribution is -0.132. The van der Waals surface area contributed by atoms with E-state index >= 15 is 0 Å². The maximum absolute atomic E-state index is 13.2. The number of methoxy groups -OCH3 is 1. The normalized spacial score (nSPS) is 42.7. The van der Waals surface area contributed by atoms with E-state index in [0.29, 0.717) is 24.9 Å². The van der Waals surface area contributed by atoms with Crippen LogP contribution in [0.4, 0.5) is 5.69 Å². The zero-order chi connectivity index (χ0) is 18.1. The number of anilines is 1. The van der Waals surface area contributed by atoms with Gasteiger partial charge in [-0.2, -0.15) is 0 Å². The van der Waals surface area contributed by atoms with Crippen LogP contribution in [-0.2, 0) is 14.9 Å². The number of aliphatic hydroxyl groups is 1. The minimum Gasteiger partial charge on any atom is -0.497 e. The molecule has 6 heteroatoms. The van der Waals surface area contributed by atoms with Crippen molar-refractivity contribution in [2.24, 2.45) is 11.8 Å². The molecule has 0 aromatic heterocycles. The van der Waals surface area contributed by atoms with Crippen LogP contribution in [0.5, 0.6) is 5.75 Å². The molecule has 6 rings (SSSR count). The largest absolute Gasteiger partial charge is 0.497 e. The summed E-state index contributed by atoms with van der Waals surface area (Å²) in [5.41, 5.74) is 0.965. The van der Waals surface area contributed by atoms with E-state index in [4.69, 9.17) is 9.47 Å². The zero-order valence-electron chi connectivity index (χ0n) is 15.2. The molecule has 1 amide bonds. The minimum atomic E-state index is -0.655. The molecule has 1 aromatic rings. The Balaban J connectivity index is 1.61. The topological polar surface area (TPSA) is 79.8 Å². The molecular formula is C20H26N2O4. The third-order valence-corrected chi connectivity index (χ3v) is 7.54. The number of hydrogen-bond acceptors (Lipinski definition) is 5. The van der Waals surface area contributed by atoms with E-state index in [1.807, 2.05) is 18.2 Å². The maximum Gasteiger partial charge on any atom is 0.237 e. The van der Waals surface area contributed by atoms with Gasteiger partial charge in [-0.15, -0.1) is 0 Å². The molecule has 4 aliphatic heterocycles. The molecule has 3 saturated heterocycles. The minimum absolute atomic E-state index is 0.0341. The summed E-state index contributed by atoms with van der Waals surface area (Å²) in [5, 5.41) is 16.9. The van der Waals surface area contributed by atoms with Gasteiger partial charge in [-0.1, -0.05) is 13.0 Å². The van der Waals surface area contributed by atoms with Crippen LogP contribution in [0, 0.1) is 11.8 Å². The van der Waals surface area contributed by atoms with Crippen molar-refractivity contribution in [1.82, 2.24) is 5.32 Å². The van der Waals surface area contributed by atoms with Crippen molar-refractivity contribution in [2.45, 2.75) is 49.3 Å². The molecule has 6 nitrogen and oxygen atoms in total. The van der Waals surface area contributed by atoms with Gasteiger partial charge < -0.3 is 25.2 Å². The third kappa shape index (κ3) is 1.85. The first-order chi connectivity index (χ1) is 12.6. The summed E-state index contributed by atoms with van der Waals surface area (Å²) in [6.45, 7) is 2.94. The summed E-state index contributed by atoms with van der Waals surface area (Å²) in [6, 6.07) is 6.02. The predicted octanol–water partition coefficient (Wildman–Crippen LogP) is 1.42. The molecule has 3 N–H and O–H groups in total. The second-order valence-electron chi connectivity index (χ2n) is 8.29. The Morgan fingerprint density at radius 1 is 1.42 bits per heavy atom. The molecule has 4 fully saturated rings. The Hall–Kier alpha value is -1.63. The van der Waals surface area contributed by atoms with Crippen molar-refractivity contribution >= 4 is 11.6 Å². The van der Waals surface area contributed by atoms with E-state index in [1.165, 1.54) is 0 Å². The number of nitrogens with one attached hydrogen (secondary N) is 2. The van der Waals surface area contributed by atoms with Gasteiger partial charge in [0.05, 0.1) is 26.4 Å². The van der Waals surface area contributed by atoms with Crippen molar-refractivity contribution in [3.63, 3.8) is 0 Å². The fourth-order valence-corrected chi connectivity index (χ4v) is 6.12. The van der Waals surface area contributed by atoms with E-state index in [2.05, 4.69) is 17.6 Å². The number of carbonyl (C=O) groups excluding carboxylic acids is 1. The lowest BCUT2D eigenvalue weighted by Gasteiger charge is -2.44. The number of rotatable bonds is 3. The molecule has 5 aliphatic rings. The first-order valence-electron chi connectivity index (χ1n) is 9.58. The highest BCUT2D eigenvalue weighted by Crippen LogP contribution is 2.57. The summed E-state index contributed by atoms with van der Waals surface area (Å²) >= 11 is 0. The number of aliphatic hydroxyl groups excluding tert-OH is 1. The number of benzene rings is 1. The third-order valence-electron chi connectivity index (χ3n) is 7.54. The number of fused-ring (bicyclic) bond motifs is 2. The number of hydrogen-bond donors (Lipinski definition) is 3. The highest BCUT2D eigenvalue weighted by Gasteiger charge is 2.65. The van der Waals surface area contributed by atoms with E-state index in [0.717, 1.165) is 29.8 Å². The predicted molar refractivity (Wildman–Crippen MR) is 96.3 cm³/mol. The molecule has 6 atom stereocenters. The average Bonchev–Trinajstić information content (AvgIpc) is 3.01. The average molecular weight is 358 g/mol. The van der Waals surface area contributed by atoms with Gasteiger partial charge in [0.25, 0.3) is 0 Å². The van der Waals surface area contributed by atoms with Crippen LogP contribution < -0.4 is 15.4 Å². The zero-order valence-corrected chi connectivity index (χ0v) is 15.2. The quantitative estimate of drug-likeness (QED) is 0.762. The number of ether oxygens (including phenoxy) is 2. The van der Waals surface area contributed by atoms with Crippen molar-refractivity contribution < 1.29 is 19.4 Å². The van der Waals surface area contributed by atoms with Gasteiger partial charge in [0.1, 0.15) is 11.2 Å². The molecular weight excluding hydrogens is 332 g/mol. The van der Waals surface area contributed by atoms with E-state index < -0.39 is 5.41 Å². The molecule has 1 saturated carbocycles. The van der Waals surface area contributed by atoms with Crippen molar-refractivity contribution in [3.05, 3.63) is 23.8 Å². The molecule has 26 heavy (non-hydrogen) atoms. The second kappa shape index (κ2) is 5.44. The second-order valence-corrected chi connectivity index (χ2v) is 8.29. The highest BCUT2D eigenvalue weighted by molar-refractivity contribution is 6.07. The highest BCUT2D eigenvalue weighted by atomic mass is 16.5. The van der Waals surface area contributed by atoms with Gasteiger partial charge in [-0.25, -0.2) is 0 Å². The van der Waals surface area contributed by atoms with Gasteiger partial charge in [-0.3, -0.25) is 4.79 Å². The molecule has 4 heterocycles. The van der Waals surface area contributed by atoms with Crippen molar-refractivity contribution in [1.29, 1.82) is 0 Å². The molecule has 0 radical (unpaired) electrons. The van der Waals surface area contributed by atoms with E-state index in [1.54, 1.807) is 7.11 Å². The smallest absolute Gasteiger partial charge is 0.237 e. The molecule has 1 aliphatic carbocycles. The van der Waals surface area contributed by atoms with Gasteiger partial charge in [0.15, 0.2) is 0 Å². The monoisotopic (exact) mass is 358 g/mol. The summed E-state index contributed by atoms with van der Waals surface area (Å²) in [6.07, 6.45) is 2.26. The fraction of sp³-hybridized carbons (Fsp3) is 0.650. The van der Waals surface area contributed by atoms with Gasteiger partial charge >= 0.3 is 0 Å². The summed E-state index contributed by atoms with van der Waals surface area (Å²) in [7, 11) is 1.63. The number of amides is 1. The Morgan fingerprint density at radius 3 is 3.00 bits per heavy atom. The summed E-state index contributed by atoms with van der Waals surface area (Å²) < 4.78 is 11.6. The van der Waals surface area contributed by atoms with E-state index in [-0.39, 0.29) is 30.2 Å². The van der Waals surface area contributed by atoms with E-state index in [9.17, 15) is 9.90 Å². The first-order valence-corrected chi connectivity index (χ1v) is 9.58. The molecule has 140 valence electrons. The van der Waals surface area contributed by atoms with Crippen molar-refractivity contribution in [2.75, 3.05) is 25.6 Å². The van der Waals surface area contributed by atoms with Crippen LogP contribution in [0.1, 0.15) is 31.7 Å². The van der Waals surface area contributed by atoms with Crippen LogP contribution in [0.25, 0.3) is 0 Å². The Morgan fingerprint density at radius 2 is 2.27 bits per heavy atom. The lowest BCUT2D eigenvalue weighted by Crippen LogP contribution is -2.57. The van der Waals surface area contributed by atoms with Gasteiger partial charge in [-0.05, 0) is 36.8 Å². The SMILES string of the molecule is CC[C@@]1(CO)N[C@H]2C[C@@]3(C(=O)Nc4cc(OC)ccc43)[C@H]3C[C@@H]1[C@@H]2CO3. The molecule has 1 spiro atoms. The first kappa shape index (κ1) is 16.5. The Bertz CT molecular complexity index is 762. The molecule has 0 unspecified atom stereocenters. The van der Waals surface area contributed by atoms with Crippen LogP contribution in [-0.4, -0.2) is 49.0 Å². The number of carbonyl (C=O) groups is 1. The molecule has 4 bridgehead atoms. The standard InChI is InChI=1S/C20H26N2O4/c1-3-19(10-23)14-7-17-20(8-16(22-19)12(14)9-26-17)13-5-4-11(25-2)6-15(13)21-18(20)24/h4-6,12,14,16-17,22-23H,3,7-10H2,1-2H3,(H,21,24)/t12-,14+,16-,17+,19-,20-/m0/s1. The maximum atomic E-state index is 13.2. The lowest BCUT2D eigenvalue weighted by atomic mass is 9.69. The Labute approximate surface area is 153 Å². The fourth-order valence-electron chi connectivity index (χ4n) is 6.12. The van der Waals surface area contributed by atoms with Crippen LogP contribution in [0.3, 0.4) is 0 Å². The Kier molecular flexibility index (Phi) is 3.46. The molecule has 1 aromatic carbocycles. The summed E-state index contributed by atoms with van der Waals surface area (Å²) in [4.78, 5) is 13.2. The van der Waals surface area contributed by atoms with Crippen LogP contribution >= 0.6 is 0 Å². The van der Waals surface area contributed by atoms with Gasteiger partial charge in [0, 0.05) is 29.3 Å².